The topological polar surface area (TPSA) is 97.3 Å². The van der Waals surface area contributed by atoms with Crippen molar-refractivity contribution in [3.63, 3.8) is 0 Å². The molecular weight excluding hydrogens is 528 g/mol. The number of nitrogens with one attached hydrogen (secondary N) is 4. The molecular formula is C27H26Cl2FN7O. The van der Waals surface area contributed by atoms with Gasteiger partial charge in [0.15, 0.2) is 0 Å². The van der Waals surface area contributed by atoms with Crippen molar-refractivity contribution in [2.24, 2.45) is 0 Å². The van der Waals surface area contributed by atoms with E-state index >= 15 is 0 Å². The molecule has 0 saturated carbocycles. The number of ether oxygens (including phenoxy) is 1. The first kappa shape index (κ1) is 26.1. The number of hydrogen-bond donors (Lipinski definition) is 4. The first-order valence-electron chi connectivity index (χ1n) is 12.1. The lowest BCUT2D eigenvalue weighted by molar-refractivity contribution is 0.153. The Morgan fingerprint density at radius 2 is 2.00 bits per heavy atom. The van der Waals surface area contributed by atoms with Gasteiger partial charge >= 0.3 is 0 Å². The maximum absolute atomic E-state index is 13.7. The Labute approximate surface area is 230 Å². The van der Waals surface area contributed by atoms with Crippen LogP contribution in [0.3, 0.4) is 0 Å². The first-order chi connectivity index (χ1) is 18.3. The highest BCUT2D eigenvalue weighted by Crippen LogP contribution is 2.36. The number of nitrogens with zero attached hydrogens (tertiary/aromatic N) is 3. The van der Waals surface area contributed by atoms with E-state index in [1.54, 1.807) is 6.07 Å². The van der Waals surface area contributed by atoms with Crippen LogP contribution >= 0.6 is 23.2 Å². The average molecular weight is 554 g/mol. The van der Waals surface area contributed by atoms with Crippen molar-refractivity contribution in [3.8, 4) is 6.07 Å². The summed E-state index contributed by atoms with van der Waals surface area (Å²) in [4.78, 5) is 4.43. The van der Waals surface area contributed by atoms with Gasteiger partial charge in [-0.2, -0.15) is 5.26 Å². The third kappa shape index (κ3) is 5.35. The molecule has 0 amide bonds. The zero-order valence-electron chi connectivity index (χ0n) is 20.8. The maximum Gasteiger partial charge on any atom is 0.141 e. The molecule has 8 nitrogen and oxygen atoms in total. The number of pyridine rings is 1. The van der Waals surface area contributed by atoms with Crippen molar-refractivity contribution in [1.82, 2.24) is 21.0 Å². The third-order valence-electron chi connectivity index (χ3n) is 6.39. The van der Waals surface area contributed by atoms with Crippen molar-refractivity contribution >= 4 is 51.2 Å². The summed E-state index contributed by atoms with van der Waals surface area (Å²) < 4.78 is 19.3. The number of aromatic nitrogens is 1. The van der Waals surface area contributed by atoms with Crippen LogP contribution in [0.5, 0.6) is 0 Å². The standard InChI is InChI=1S/C27H26Cl2FN7O/c1-15(2)37-14-24(35-36-37)26(16-5-7-38-8-6-16)34-19-9-20-25(33-18-3-4-23(30)21(28)10-18)17(12-31)13-32-27(20)22(29)11-19/h3-5,9-11,13-15,26,34-36H,6-8H2,1-2H3,(H,32,33)/t26-/m0/s1. The summed E-state index contributed by atoms with van der Waals surface area (Å²) >= 11 is 12.7. The van der Waals surface area contributed by atoms with Gasteiger partial charge in [0.25, 0.3) is 0 Å². The lowest BCUT2D eigenvalue weighted by atomic mass is 9.99. The van der Waals surface area contributed by atoms with E-state index in [1.165, 1.54) is 23.9 Å². The fourth-order valence-corrected chi connectivity index (χ4v) is 4.84. The maximum atomic E-state index is 13.7. The second-order valence-electron chi connectivity index (χ2n) is 9.27. The van der Waals surface area contributed by atoms with Gasteiger partial charge in [0.05, 0.1) is 51.8 Å². The van der Waals surface area contributed by atoms with Crippen molar-refractivity contribution in [2.75, 3.05) is 23.8 Å². The number of fused-ring (bicyclic) bond motifs is 1. The Hall–Kier alpha value is -3.55. The summed E-state index contributed by atoms with van der Waals surface area (Å²) in [6.07, 6.45) is 6.37. The molecule has 1 aromatic heterocycles. The SMILES string of the molecule is CC(C)N1C=C([C@@H](Nc2cc(Cl)c3ncc(C#N)c(Nc4ccc(F)c(Cl)c4)c3c2)C2=CCOCC2)NN1. The van der Waals surface area contributed by atoms with Crippen LogP contribution in [0.4, 0.5) is 21.5 Å². The molecule has 0 bridgehead atoms. The summed E-state index contributed by atoms with van der Waals surface area (Å²) in [6.45, 7) is 5.37. The molecule has 1 atom stereocenters. The van der Waals surface area contributed by atoms with Gasteiger partial charge in [0.1, 0.15) is 11.9 Å². The Balaban J connectivity index is 1.57. The number of hydrazine groups is 2. The molecule has 38 heavy (non-hydrogen) atoms. The molecule has 3 aromatic rings. The number of rotatable bonds is 7. The summed E-state index contributed by atoms with van der Waals surface area (Å²) in [5.41, 5.74) is 11.2. The number of benzene rings is 2. The minimum Gasteiger partial charge on any atom is -0.377 e. The summed E-state index contributed by atoms with van der Waals surface area (Å²) in [6, 6.07) is 10.3. The molecule has 0 fully saturated rings. The van der Waals surface area contributed by atoms with Gasteiger partial charge in [-0.05, 0) is 56.2 Å². The molecule has 2 aliphatic heterocycles. The molecule has 2 aliphatic rings. The van der Waals surface area contributed by atoms with E-state index in [9.17, 15) is 9.65 Å². The summed E-state index contributed by atoms with van der Waals surface area (Å²) in [5, 5.41) is 19.7. The van der Waals surface area contributed by atoms with Gasteiger partial charge in [0.2, 0.25) is 0 Å². The van der Waals surface area contributed by atoms with Gasteiger partial charge in [-0.15, -0.1) is 5.53 Å². The van der Waals surface area contributed by atoms with E-state index in [-0.39, 0.29) is 17.1 Å². The van der Waals surface area contributed by atoms with Gasteiger partial charge in [-0.1, -0.05) is 29.3 Å². The van der Waals surface area contributed by atoms with Gasteiger partial charge in [0, 0.05) is 35.2 Å². The Morgan fingerprint density at radius 1 is 1.18 bits per heavy atom. The van der Waals surface area contributed by atoms with Crippen molar-refractivity contribution < 1.29 is 9.13 Å². The van der Waals surface area contributed by atoms with Gasteiger partial charge in [-0.3, -0.25) is 9.99 Å². The molecule has 11 heteroatoms. The number of nitriles is 1. The molecule has 0 aliphatic carbocycles. The highest BCUT2D eigenvalue weighted by Gasteiger charge is 2.26. The van der Waals surface area contributed by atoms with Crippen molar-refractivity contribution in [3.05, 3.63) is 81.5 Å². The molecule has 4 N–H and O–H groups in total. The zero-order valence-corrected chi connectivity index (χ0v) is 22.3. The van der Waals surface area contributed by atoms with Crippen molar-refractivity contribution in [1.29, 1.82) is 5.26 Å². The highest BCUT2D eigenvalue weighted by atomic mass is 35.5. The molecule has 0 radical (unpaired) electrons. The second kappa shape index (κ2) is 11.1. The van der Waals surface area contributed by atoms with E-state index in [0.29, 0.717) is 46.1 Å². The van der Waals surface area contributed by atoms with Crippen LogP contribution in [-0.2, 0) is 4.74 Å². The van der Waals surface area contributed by atoms with E-state index in [0.717, 1.165) is 17.8 Å². The minimum absolute atomic E-state index is 0.0266. The third-order valence-corrected chi connectivity index (χ3v) is 6.97. The first-order valence-corrected chi connectivity index (χ1v) is 12.9. The number of halogens is 3. The smallest absolute Gasteiger partial charge is 0.141 e. The van der Waals surface area contributed by atoms with Crippen LogP contribution in [0.1, 0.15) is 25.8 Å². The minimum atomic E-state index is -0.527. The predicted molar refractivity (Wildman–Crippen MR) is 148 cm³/mol. The average Bonchev–Trinajstić information content (AvgIpc) is 3.41. The molecule has 196 valence electrons. The molecule has 2 aromatic carbocycles. The Morgan fingerprint density at radius 3 is 2.68 bits per heavy atom. The lowest BCUT2D eigenvalue weighted by Crippen LogP contribution is -2.42. The van der Waals surface area contributed by atoms with Crippen molar-refractivity contribution in [2.45, 2.75) is 32.4 Å². The number of anilines is 3. The van der Waals surface area contributed by atoms with Crippen LogP contribution in [0.2, 0.25) is 10.0 Å². The molecule has 3 heterocycles. The fraction of sp³-hybridized carbons (Fsp3) is 0.259. The predicted octanol–water partition coefficient (Wildman–Crippen LogP) is 6.00. The van der Waals surface area contributed by atoms with Gasteiger partial charge < -0.3 is 20.8 Å². The molecule has 0 unspecified atom stereocenters. The van der Waals surface area contributed by atoms with Crippen LogP contribution < -0.4 is 21.6 Å². The van der Waals surface area contributed by atoms with E-state index in [2.05, 4.69) is 52.6 Å². The number of hydrogen-bond acceptors (Lipinski definition) is 8. The quantitative estimate of drug-likeness (QED) is 0.264. The summed E-state index contributed by atoms with van der Waals surface area (Å²) in [5.74, 6) is -0.527. The highest BCUT2D eigenvalue weighted by molar-refractivity contribution is 6.36. The monoisotopic (exact) mass is 553 g/mol. The Kier molecular flexibility index (Phi) is 7.58. The molecule has 5 rings (SSSR count). The largest absolute Gasteiger partial charge is 0.377 e. The van der Waals surface area contributed by atoms with Crippen LogP contribution in [0.15, 0.2) is 60.1 Å². The summed E-state index contributed by atoms with van der Waals surface area (Å²) in [7, 11) is 0. The zero-order chi connectivity index (χ0) is 26.8. The fourth-order valence-electron chi connectivity index (χ4n) is 4.39. The van der Waals surface area contributed by atoms with E-state index in [1.807, 2.05) is 23.3 Å². The Bertz CT molecular complexity index is 1480. The van der Waals surface area contributed by atoms with Crippen LogP contribution in [0, 0.1) is 17.1 Å². The molecule has 0 saturated heterocycles. The molecule has 0 spiro atoms. The second-order valence-corrected chi connectivity index (χ2v) is 10.1. The van der Waals surface area contributed by atoms with E-state index < -0.39 is 5.82 Å². The normalized spacial score (nSPS) is 16.1. The van der Waals surface area contributed by atoms with E-state index in [4.69, 9.17) is 27.9 Å². The van der Waals surface area contributed by atoms with Gasteiger partial charge in [-0.25, -0.2) is 4.39 Å². The lowest BCUT2D eigenvalue weighted by Gasteiger charge is -2.26. The van der Waals surface area contributed by atoms with Crippen LogP contribution in [-0.4, -0.2) is 35.3 Å². The van der Waals surface area contributed by atoms with Crippen LogP contribution in [0.25, 0.3) is 10.9 Å².